The average Bonchev–Trinajstić information content (AvgIpc) is 2.26. The van der Waals surface area contributed by atoms with E-state index in [0.717, 1.165) is 30.0 Å². The predicted molar refractivity (Wildman–Crippen MR) is 68.3 cm³/mol. The van der Waals surface area contributed by atoms with Gasteiger partial charge in [-0.15, -0.1) is 0 Å². The van der Waals surface area contributed by atoms with Crippen LogP contribution in [0.4, 0.5) is 11.6 Å². The van der Waals surface area contributed by atoms with Crippen LogP contribution in [0.25, 0.3) is 0 Å². The van der Waals surface area contributed by atoms with Crippen molar-refractivity contribution in [2.45, 2.75) is 44.8 Å². The molecular weight excluding hydrogens is 216 g/mol. The van der Waals surface area contributed by atoms with E-state index < -0.39 is 0 Å². The molecule has 1 fully saturated rings. The van der Waals surface area contributed by atoms with E-state index in [1.165, 1.54) is 0 Å². The second kappa shape index (κ2) is 4.87. The summed E-state index contributed by atoms with van der Waals surface area (Å²) in [4.78, 5) is 8.55. The molecule has 5 heteroatoms. The van der Waals surface area contributed by atoms with Crippen molar-refractivity contribution in [2.24, 2.45) is 0 Å². The van der Waals surface area contributed by atoms with Crippen LogP contribution in [0.5, 0.6) is 0 Å². The van der Waals surface area contributed by atoms with Crippen molar-refractivity contribution in [1.29, 1.82) is 0 Å². The fraction of sp³-hybridized carbons (Fsp3) is 0.667. The quantitative estimate of drug-likeness (QED) is 0.740. The maximum absolute atomic E-state index is 9.29. The van der Waals surface area contributed by atoms with Crippen molar-refractivity contribution in [3.63, 3.8) is 0 Å². The van der Waals surface area contributed by atoms with Crippen molar-refractivity contribution in [1.82, 2.24) is 9.97 Å². The molecule has 17 heavy (non-hydrogen) atoms. The predicted octanol–water partition coefficient (Wildman–Crippen LogP) is 1.58. The van der Waals surface area contributed by atoms with Gasteiger partial charge in [0.15, 0.2) is 0 Å². The minimum atomic E-state index is -0.152. The molecule has 1 aromatic rings. The van der Waals surface area contributed by atoms with E-state index in [1.54, 1.807) is 6.33 Å². The Morgan fingerprint density at radius 3 is 2.47 bits per heavy atom. The van der Waals surface area contributed by atoms with Crippen LogP contribution in [0.2, 0.25) is 0 Å². The third-order valence-electron chi connectivity index (χ3n) is 3.15. The molecule has 1 aliphatic rings. The summed E-state index contributed by atoms with van der Waals surface area (Å²) < 4.78 is 0. The van der Waals surface area contributed by atoms with E-state index >= 15 is 0 Å². The zero-order valence-corrected chi connectivity index (χ0v) is 10.6. The van der Waals surface area contributed by atoms with Crippen LogP contribution in [0.1, 0.15) is 38.2 Å². The van der Waals surface area contributed by atoms with Gasteiger partial charge < -0.3 is 15.7 Å². The van der Waals surface area contributed by atoms with Crippen molar-refractivity contribution >= 4 is 11.6 Å². The SMILES string of the molecule is CNc1ncnc(NC2CC(O)C2)c1C(C)C. The minimum Gasteiger partial charge on any atom is -0.393 e. The van der Waals surface area contributed by atoms with Gasteiger partial charge in [0.25, 0.3) is 0 Å². The molecule has 5 nitrogen and oxygen atoms in total. The molecule has 0 bridgehead atoms. The van der Waals surface area contributed by atoms with Crippen LogP contribution in [-0.2, 0) is 0 Å². The van der Waals surface area contributed by atoms with E-state index in [9.17, 15) is 5.11 Å². The van der Waals surface area contributed by atoms with Gasteiger partial charge in [-0.1, -0.05) is 13.8 Å². The Labute approximate surface area is 102 Å². The Morgan fingerprint density at radius 1 is 1.29 bits per heavy atom. The molecule has 1 aliphatic carbocycles. The van der Waals surface area contributed by atoms with E-state index in [-0.39, 0.29) is 6.10 Å². The molecule has 0 aliphatic heterocycles. The summed E-state index contributed by atoms with van der Waals surface area (Å²) in [6, 6.07) is 0.335. The normalized spacial score (nSPS) is 23.4. The van der Waals surface area contributed by atoms with Crippen LogP contribution < -0.4 is 10.6 Å². The first-order valence-electron chi connectivity index (χ1n) is 6.09. The Kier molecular flexibility index (Phi) is 3.47. The Balaban J connectivity index is 2.20. The highest BCUT2D eigenvalue weighted by atomic mass is 16.3. The maximum atomic E-state index is 9.29. The van der Waals surface area contributed by atoms with Crippen LogP contribution in [0.3, 0.4) is 0 Å². The summed E-state index contributed by atoms with van der Waals surface area (Å²) in [5.74, 6) is 2.11. The van der Waals surface area contributed by atoms with Gasteiger partial charge in [-0.3, -0.25) is 0 Å². The van der Waals surface area contributed by atoms with Crippen LogP contribution in [0.15, 0.2) is 6.33 Å². The van der Waals surface area contributed by atoms with Crippen molar-refractivity contribution in [2.75, 3.05) is 17.7 Å². The minimum absolute atomic E-state index is 0.152. The molecular formula is C12H20N4O. The van der Waals surface area contributed by atoms with Crippen LogP contribution in [0, 0.1) is 0 Å². The summed E-state index contributed by atoms with van der Waals surface area (Å²) in [5, 5.41) is 15.8. The monoisotopic (exact) mass is 236 g/mol. The molecule has 0 saturated heterocycles. The zero-order valence-electron chi connectivity index (χ0n) is 10.6. The van der Waals surface area contributed by atoms with Crippen molar-refractivity contribution in [3.8, 4) is 0 Å². The third kappa shape index (κ3) is 2.49. The van der Waals surface area contributed by atoms with Crippen LogP contribution in [-0.4, -0.2) is 34.3 Å². The van der Waals surface area contributed by atoms with Gasteiger partial charge >= 0.3 is 0 Å². The van der Waals surface area contributed by atoms with E-state index in [1.807, 2.05) is 7.05 Å². The molecule has 0 aromatic carbocycles. The summed E-state index contributed by atoms with van der Waals surface area (Å²) in [6.45, 7) is 4.25. The highest BCUT2D eigenvalue weighted by Gasteiger charge is 2.28. The van der Waals surface area contributed by atoms with Gasteiger partial charge in [-0.2, -0.15) is 0 Å². The molecule has 1 heterocycles. The second-order valence-electron chi connectivity index (χ2n) is 4.86. The Bertz CT molecular complexity index is 388. The molecule has 0 atom stereocenters. The average molecular weight is 236 g/mol. The van der Waals surface area contributed by atoms with Crippen molar-refractivity contribution in [3.05, 3.63) is 11.9 Å². The highest BCUT2D eigenvalue weighted by Crippen LogP contribution is 2.31. The van der Waals surface area contributed by atoms with E-state index in [4.69, 9.17) is 0 Å². The first kappa shape index (κ1) is 12.1. The second-order valence-corrected chi connectivity index (χ2v) is 4.86. The number of aliphatic hydroxyl groups is 1. The molecule has 94 valence electrons. The summed E-state index contributed by atoms with van der Waals surface area (Å²) in [6.07, 6.45) is 3.02. The number of rotatable bonds is 4. The number of aromatic nitrogens is 2. The molecule has 0 spiro atoms. The molecule has 1 saturated carbocycles. The molecule has 1 aromatic heterocycles. The van der Waals surface area contributed by atoms with Gasteiger partial charge in [-0.05, 0) is 18.8 Å². The standard InChI is InChI=1S/C12H20N4O/c1-7(2)10-11(13-3)14-6-15-12(10)16-8-4-9(17)5-8/h6-9,17H,4-5H2,1-3H3,(H2,13,14,15,16). The third-order valence-corrected chi connectivity index (χ3v) is 3.15. The maximum Gasteiger partial charge on any atom is 0.135 e. The lowest BCUT2D eigenvalue weighted by molar-refractivity contribution is 0.0835. The lowest BCUT2D eigenvalue weighted by atomic mass is 9.89. The summed E-state index contributed by atoms with van der Waals surface area (Å²) >= 11 is 0. The van der Waals surface area contributed by atoms with E-state index in [2.05, 4.69) is 34.4 Å². The fourth-order valence-corrected chi connectivity index (χ4v) is 2.16. The molecule has 0 amide bonds. The van der Waals surface area contributed by atoms with E-state index in [0.29, 0.717) is 12.0 Å². The Hall–Kier alpha value is -1.36. The zero-order chi connectivity index (χ0) is 12.4. The molecule has 0 radical (unpaired) electrons. The molecule has 2 rings (SSSR count). The largest absolute Gasteiger partial charge is 0.393 e. The van der Waals surface area contributed by atoms with Gasteiger partial charge in [-0.25, -0.2) is 9.97 Å². The summed E-state index contributed by atoms with van der Waals surface area (Å²) in [5.41, 5.74) is 1.11. The number of hydrogen-bond acceptors (Lipinski definition) is 5. The lowest BCUT2D eigenvalue weighted by Gasteiger charge is -2.33. The topological polar surface area (TPSA) is 70.1 Å². The van der Waals surface area contributed by atoms with Gasteiger partial charge in [0, 0.05) is 18.7 Å². The Morgan fingerprint density at radius 2 is 1.94 bits per heavy atom. The number of aliphatic hydroxyl groups excluding tert-OH is 1. The number of nitrogens with zero attached hydrogens (tertiary/aromatic N) is 2. The van der Waals surface area contributed by atoms with Crippen molar-refractivity contribution < 1.29 is 5.11 Å². The van der Waals surface area contributed by atoms with Gasteiger partial charge in [0.2, 0.25) is 0 Å². The smallest absolute Gasteiger partial charge is 0.135 e. The number of nitrogens with one attached hydrogen (secondary N) is 2. The lowest BCUT2D eigenvalue weighted by Crippen LogP contribution is -2.39. The molecule has 3 N–H and O–H groups in total. The van der Waals surface area contributed by atoms with Gasteiger partial charge in [0.1, 0.15) is 18.0 Å². The van der Waals surface area contributed by atoms with Gasteiger partial charge in [0.05, 0.1) is 6.10 Å². The summed E-state index contributed by atoms with van der Waals surface area (Å²) in [7, 11) is 1.87. The first-order chi connectivity index (χ1) is 8.11. The fourth-order valence-electron chi connectivity index (χ4n) is 2.16. The number of anilines is 2. The first-order valence-corrected chi connectivity index (χ1v) is 6.09. The molecule has 0 unspecified atom stereocenters. The number of hydrogen-bond donors (Lipinski definition) is 3. The highest BCUT2D eigenvalue weighted by molar-refractivity contribution is 5.59. The van der Waals surface area contributed by atoms with Crippen LogP contribution >= 0.6 is 0 Å².